The first-order chi connectivity index (χ1) is 6.09. The van der Waals surface area contributed by atoms with Crippen LogP contribution in [0, 0.1) is 11.8 Å². The summed E-state index contributed by atoms with van der Waals surface area (Å²) in [5, 5.41) is 19.0. The number of ether oxygens (including phenoxy) is 1. The van der Waals surface area contributed by atoms with Gasteiger partial charge in [-0.05, 0) is 18.8 Å². The van der Waals surface area contributed by atoms with Gasteiger partial charge in [0.15, 0.2) is 0 Å². The lowest BCUT2D eigenvalue weighted by Crippen LogP contribution is -2.40. The summed E-state index contributed by atoms with van der Waals surface area (Å²) in [6.07, 6.45) is -0.0243. The molecule has 13 heavy (non-hydrogen) atoms. The van der Waals surface area contributed by atoms with E-state index in [-0.39, 0.29) is 23.9 Å². The van der Waals surface area contributed by atoms with Crippen molar-refractivity contribution < 1.29 is 19.7 Å². The number of fused-ring (bicyclic) bond motifs is 2. The van der Waals surface area contributed by atoms with E-state index in [9.17, 15) is 15.0 Å². The molecule has 0 saturated heterocycles. The first kappa shape index (κ1) is 8.97. The van der Waals surface area contributed by atoms with Crippen LogP contribution < -0.4 is 0 Å². The van der Waals surface area contributed by atoms with E-state index in [1.165, 1.54) is 6.92 Å². The first-order valence-electron chi connectivity index (χ1n) is 4.63. The van der Waals surface area contributed by atoms with Gasteiger partial charge < -0.3 is 14.9 Å². The van der Waals surface area contributed by atoms with E-state index in [4.69, 9.17) is 4.74 Å². The lowest BCUT2D eigenvalue weighted by atomic mass is 9.92. The third-order valence-corrected chi connectivity index (χ3v) is 3.18. The van der Waals surface area contributed by atoms with E-state index >= 15 is 0 Å². The van der Waals surface area contributed by atoms with E-state index in [0.29, 0.717) is 6.42 Å². The summed E-state index contributed by atoms with van der Waals surface area (Å²) in [6, 6.07) is 0. The molecule has 2 aliphatic rings. The number of carbonyl (C=O) groups excluding carboxylic acids is 1. The molecular formula is C9H14O4. The van der Waals surface area contributed by atoms with E-state index in [0.717, 1.165) is 6.42 Å². The zero-order valence-electron chi connectivity index (χ0n) is 7.51. The molecule has 74 valence electrons. The van der Waals surface area contributed by atoms with Crippen LogP contribution >= 0.6 is 0 Å². The van der Waals surface area contributed by atoms with Crippen LogP contribution in [-0.4, -0.2) is 34.5 Å². The zero-order valence-corrected chi connectivity index (χ0v) is 7.51. The molecule has 0 heterocycles. The minimum absolute atomic E-state index is 0.0519. The molecule has 0 aromatic heterocycles. The second-order valence-corrected chi connectivity index (χ2v) is 4.02. The number of carbonyl (C=O) groups is 1. The number of hydrogen-bond acceptors (Lipinski definition) is 4. The molecule has 5 unspecified atom stereocenters. The highest BCUT2D eigenvalue weighted by molar-refractivity contribution is 5.66. The van der Waals surface area contributed by atoms with Crippen LogP contribution in [0.1, 0.15) is 19.8 Å². The molecular weight excluding hydrogens is 172 g/mol. The molecule has 4 nitrogen and oxygen atoms in total. The monoisotopic (exact) mass is 186 g/mol. The van der Waals surface area contributed by atoms with Gasteiger partial charge in [-0.2, -0.15) is 0 Å². The first-order valence-corrected chi connectivity index (χ1v) is 4.63. The maximum atomic E-state index is 10.7. The molecule has 0 aromatic carbocycles. The fourth-order valence-corrected chi connectivity index (χ4v) is 2.59. The molecule has 0 aromatic rings. The topological polar surface area (TPSA) is 66.8 Å². The Morgan fingerprint density at radius 3 is 2.46 bits per heavy atom. The lowest BCUT2D eigenvalue weighted by molar-refractivity contribution is -0.154. The van der Waals surface area contributed by atoms with Gasteiger partial charge in [-0.1, -0.05) is 0 Å². The van der Waals surface area contributed by atoms with Crippen LogP contribution in [-0.2, 0) is 9.53 Å². The molecule has 0 amide bonds. The Morgan fingerprint density at radius 1 is 1.31 bits per heavy atom. The van der Waals surface area contributed by atoms with Crippen LogP contribution in [0.2, 0.25) is 0 Å². The predicted octanol–water partition coefficient (Wildman–Crippen LogP) is -0.320. The molecule has 2 fully saturated rings. The van der Waals surface area contributed by atoms with Crippen molar-refractivity contribution in [3.63, 3.8) is 0 Å². The van der Waals surface area contributed by atoms with Gasteiger partial charge in [-0.15, -0.1) is 0 Å². The van der Waals surface area contributed by atoms with Gasteiger partial charge in [0.1, 0.15) is 6.10 Å². The number of esters is 1. The molecule has 4 heteroatoms. The summed E-state index contributed by atoms with van der Waals surface area (Å²) in [5.74, 6) is -0.243. The van der Waals surface area contributed by atoms with Crippen molar-refractivity contribution >= 4 is 5.97 Å². The van der Waals surface area contributed by atoms with Crippen molar-refractivity contribution in [1.82, 2.24) is 0 Å². The smallest absolute Gasteiger partial charge is 0.302 e. The van der Waals surface area contributed by atoms with E-state index in [1.807, 2.05) is 0 Å². The Balaban J connectivity index is 2.02. The summed E-state index contributed by atoms with van der Waals surface area (Å²) >= 11 is 0. The molecule has 2 aliphatic carbocycles. The summed E-state index contributed by atoms with van der Waals surface area (Å²) < 4.78 is 5.05. The third-order valence-electron chi connectivity index (χ3n) is 3.18. The van der Waals surface area contributed by atoms with Crippen LogP contribution in [0.15, 0.2) is 0 Å². The zero-order chi connectivity index (χ0) is 9.59. The fourth-order valence-electron chi connectivity index (χ4n) is 2.59. The Hall–Kier alpha value is -0.610. The highest BCUT2D eigenvalue weighted by Crippen LogP contribution is 2.46. The lowest BCUT2D eigenvalue weighted by Gasteiger charge is -2.28. The van der Waals surface area contributed by atoms with E-state index < -0.39 is 12.2 Å². The summed E-state index contributed by atoms with van der Waals surface area (Å²) in [5.41, 5.74) is 0. The Kier molecular flexibility index (Phi) is 2.04. The highest BCUT2D eigenvalue weighted by atomic mass is 16.5. The standard InChI is InChI=1S/C9H14O4/c1-4(10)13-7-3-5-2-6(7)9(12)8(5)11/h5-9,11-12H,2-3H2,1H3. The van der Waals surface area contributed by atoms with E-state index in [1.54, 1.807) is 0 Å². The van der Waals surface area contributed by atoms with Gasteiger partial charge in [-0.25, -0.2) is 0 Å². The van der Waals surface area contributed by atoms with Gasteiger partial charge in [0.2, 0.25) is 0 Å². The molecule has 0 aliphatic heterocycles. The quantitative estimate of drug-likeness (QED) is 0.551. The third kappa shape index (κ3) is 1.34. The van der Waals surface area contributed by atoms with Gasteiger partial charge in [0.25, 0.3) is 0 Å². The van der Waals surface area contributed by atoms with Crippen molar-refractivity contribution in [2.45, 2.75) is 38.1 Å². The molecule has 0 spiro atoms. The van der Waals surface area contributed by atoms with Gasteiger partial charge >= 0.3 is 5.97 Å². The largest absolute Gasteiger partial charge is 0.462 e. The maximum absolute atomic E-state index is 10.7. The Morgan fingerprint density at radius 2 is 2.00 bits per heavy atom. The summed E-state index contributed by atoms with van der Waals surface area (Å²) in [6.45, 7) is 1.37. The normalized spacial score (nSPS) is 48.1. The SMILES string of the molecule is CC(=O)OC1CC2CC1C(O)C2O. The minimum Gasteiger partial charge on any atom is -0.462 e. The number of hydrogen-bond donors (Lipinski definition) is 2. The molecule has 2 rings (SSSR count). The van der Waals surface area contributed by atoms with Crippen LogP contribution in [0.3, 0.4) is 0 Å². The summed E-state index contributed by atoms with van der Waals surface area (Å²) in [7, 11) is 0. The number of aliphatic hydroxyl groups excluding tert-OH is 2. The molecule has 0 radical (unpaired) electrons. The second-order valence-electron chi connectivity index (χ2n) is 4.02. The van der Waals surface area contributed by atoms with Gasteiger partial charge in [0, 0.05) is 12.8 Å². The average Bonchev–Trinajstić information content (AvgIpc) is 2.53. The van der Waals surface area contributed by atoms with Crippen molar-refractivity contribution in [3.05, 3.63) is 0 Å². The van der Waals surface area contributed by atoms with Gasteiger partial charge in [-0.3, -0.25) is 4.79 Å². The molecule has 5 atom stereocenters. The van der Waals surface area contributed by atoms with E-state index in [2.05, 4.69) is 0 Å². The van der Waals surface area contributed by atoms with Crippen LogP contribution in [0.25, 0.3) is 0 Å². The van der Waals surface area contributed by atoms with Crippen LogP contribution in [0.5, 0.6) is 0 Å². The fraction of sp³-hybridized carbons (Fsp3) is 0.889. The van der Waals surface area contributed by atoms with Crippen molar-refractivity contribution in [3.8, 4) is 0 Å². The average molecular weight is 186 g/mol. The molecule has 2 bridgehead atoms. The van der Waals surface area contributed by atoms with Crippen LogP contribution in [0.4, 0.5) is 0 Å². The number of aliphatic hydroxyl groups is 2. The molecule has 2 N–H and O–H groups in total. The van der Waals surface area contributed by atoms with Crippen molar-refractivity contribution in [2.24, 2.45) is 11.8 Å². The van der Waals surface area contributed by atoms with Gasteiger partial charge in [0.05, 0.1) is 12.2 Å². The second kappa shape index (κ2) is 2.96. The van der Waals surface area contributed by atoms with Crippen molar-refractivity contribution in [2.75, 3.05) is 0 Å². The predicted molar refractivity (Wildman–Crippen MR) is 43.8 cm³/mol. The van der Waals surface area contributed by atoms with Crippen molar-refractivity contribution in [1.29, 1.82) is 0 Å². The highest BCUT2D eigenvalue weighted by Gasteiger charge is 2.53. The minimum atomic E-state index is -0.705. The molecule has 2 saturated carbocycles. The Bertz CT molecular complexity index is 226. The Labute approximate surface area is 76.5 Å². The summed E-state index contributed by atoms with van der Waals surface area (Å²) in [4.78, 5) is 10.7. The number of rotatable bonds is 1. The maximum Gasteiger partial charge on any atom is 0.302 e.